The number of hydrogen-bond acceptors (Lipinski definition) is 7. The molecule has 4 heterocycles. The number of halogens is 2. The molecular formula is C28H42F2N8O. The van der Waals surface area contributed by atoms with Gasteiger partial charge in [-0.2, -0.15) is 5.10 Å². The van der Waals surface area contributed by atoms with Crippen molar-refractivity contribution < 1.29 is 13.6 Å². The monoisotopic (exact) mass is 544 g/mol. The van der Waals surface area contributed by atoms with E-state index in [1.165, 1.54) is 31.9 Å². The highest BCUT2D eigenvalue weighted by Gasteiger charge is 2.39. The van der Waals surface area contributed by atoms with Gasteiger partial charge in [0, 0.05) is 32.7 Å². The van der Waals surface area contributed by atoms with Crippen LogP contribution < -0.4 is 21.3 Å². The highest BCUT2D eigenvalue weighted by molar-refractivity contribution is 6.12. The Labute approximate surface area is 229 Å². The van der Waals surface area contributed by atoms with Gasteiger partial charge in [0.1, 0.15) is 23.2 Å². The van der Waals surface area contributed by atoms with E-state index in [4.69, 9.17) is 5.73 Å². The number of anilines is 4. The smallest absolute Gasteiger partial charge is 0.263 e. The summed E-state index contributed by atoms with van der Waals surface area (Å²) in [6, 6.07) is -0.470. The standard InChI is InChI=1S/C28H42F2N8O/c1-36-12-14-37(15-13-36)25-20(29)16-32-18-22(25)34-28(39)23-26(31)35-38-24(21(30)17-33-27(23)38)19-10-8-6-4-2-3-5-7-9-11-19/h16,18-19,21,24,33H,2-15,17H2,1H3,(H2,31,35)(H,34,39). The Morgan fingerprint density at radius 3 is 2.33 bits per heavy atom. The Kier molecular flexibility index (Phi) is 8.84. The molecule has 2 atom stereocenters. The third-order valence-electron chi connectivity index (χ3n) is 8.61. The molecule has 11 heteroatoms. The predicted molar refractivity (Wildman–Crippen MR) is 151 cm³/mol. The van der Waals surface area contributed by atoms with Gasteiger partial charge in [-0.1, -0.05) is 51.4 Å². The molecule has 1 saturated heterocycles. The number of carbonyl (C=O) groups is 1. The zero-order valence-corrected chi connectivity index (χ0v) is 23.0. The molecule has 2 unspecified atom stereocenters. The average Bonchev–Trinajstić information content (AvgIpc) is 3.22. The minimum absolute atomic E-state index is 0.0382. The van der Waals surface area contributed by atoms with Crippen LogP contribution in [0.4, 0.5) is 31.8 Å². The number of nitrogens with zero attached hydrogens (tertiary/aromatic N) is 5. The van der Waals surface area contributed by atoms with Crippen LogP contribution in [0.25, 0.3) is 0 Å². The maximum atomic E-state index is 15.5. The summed E-state index contributed by atoms with van der Waals surface area (Å²) in [5.41, 5.74) is 7.06. The second-order valence-electron chi connectivity index (χ2n) is 11.4. The van der Waals surface area contributed by atoms with E-state index in [2.05, 4.69) is 25.6 Å². The Morgan fingerprint density at radius 2 is 1.67 bits per heavy atom. The molecule has 5 rings (SSSR count). The number of alkyl halides is 1. The molecule has 39 heavy (non-hydrogen) atoms. The molecule has 2 aromatic heterocycles. The van der Waals surface area contributed by atoms with Crippen molar-refractivity contribution in [3.05, 3.63) is 23.8 Å². The number of nitrogens with one attached hydrogen (secondary N) is 2. The van der Waals surface area contributed by atoms with E-state index in [0.717, 1.165) is 57.8 Å². The van der Waals surface area contributed by atoms with Crippen LogP contribution in [-0.4, -0.2) is 71.5 Å². The number of amides is 1. The number of hydrogen-bond donors (Lipinski definition) is 3. The summed E-state index contributed by atoms with van der Waals surface area (Å²) in [5, 5.41) is 10.4. The number of nitrogen functional groups attached to an aromatic ring is 1. The van der Waals surface area contributed by atoms with Crippen LogP contribution in [0.15, 0.2) is 12.4 Å². The van der Waals surface area contributed by atoms with E-state index in [9.17, 15) is 9.18 Å². The summed E-state index contributed by atoms with van der Waals surface area (Å²) in [7, 11) is 2.03. The lowest BCUT2D eigenvalue weighted by atomic mass is 9.85. The van der Waals surface area contributed by atoms with Gasteiger partial charge in [0.05, 0.1) is 24.1 Å². The quantitative estimate of drug-likeness (QED) is 0.506. The van der Waals surface area contributed by atoms with Crippen molar-refractivity contribution in [1.29, 1.82) is 0 Å². The van der Waals surface area contributed by atoms with E-state index in [-0.39, 0.29) is 29.5 Å². The van der Waals surface area contributed by atoms with Crippen molar-refractivity contribution in [3.63, 3.8) is 0 Å². The Bertz CT molecular complexity index is 1120. The minimum atomic E-state index is -1.13. The van der Waals surface area contributed by atoms with E-state index >= 15 is 4.39 Å². The van der Waals surface area contributed by atoms with Crippen molar-refractivity contribution in [3.8, 4) is 0 Å². The predicted octanol–water partition coefficient (Wildman–Crippen LogP) is 4.84. The van der Waals surface area contributed by atoms with E-state index in [0.29, 0.717) is 24.6 Å². The molecule has 1 amide bonds. The second kappa shape index (κ2) is 12.5. The van der Waals surface area contributed by atoms with Gasteiger partial charge >= 0.3 is 0 Å². The first-order valence-electron chi connectivity index (χ1n) is 14.6. The van der Waals surface area contributed by atoms with E-state index in [1.807, 2.05) is 11.9 Å². The molecule has 9 nitrogen and oxygen atoms in total. The summed E-state index contributed by atoms with van der Waals surface area (Å²) in [6.07, 6.45) is 12.9. The normalized spacial score (nSPS) is 23.9. The van der Waals surface area contributed by atoms with E-state index < -0.39 is 23.9 Å². The lowest BCUT2D eigenvalue weighted by Crippen LogP contribution is -2.45. The highest BCUT2D eigenvalue weighted by Crippen LogP contribution is 2.40. The van der Waals surface area contributed by atoms with Crippen LogP contribution >= 0.6 is 0 Å². The number of nitrogens with two attached hydrogens (primary N) is 1. The molecule has 0 aromatic carbocycles. The van der Waals surface area contributed by atoms with Gasteiger partial charge in [-0.05, 0) is 25.8 Å². The van der Waals surface area contributed by atoms with Crippen LogP contribution in [0.5, 0.6) is 0 Å². The molecule has 2 fully saturated rings. The Hall–Kier alpha value is -2.95. The van der Waals surface area contributed by atoms with Gasteiger partial charge in [0.25, 0.3) is 5.91 Å². The minimum Gasteiger partial charge on any atom is -0.381 e. The maximum Gasteiger partial charge on any atom is 0.263 e. The topological polar surface area (TPSA) is 104 Å². The fraction of sp³-hybridized carbons (Fsp3) is 0.679. The van der Waals surface area contributed by atoms with Gasteiger partial charge in [-0.15, -0.1) is 0 Å². The number of piperazine rings is 1. The molecule has 0 bridgehead atoms. The van der Waals surface area contributed by atoms with Crippen LogP contribution in [0.2, 0.25) is 0 Å². The maximum absolute atomic E-state index is 15.5. The third kappa shape index (κ3) is 6.13. The molecule has 1 aliphatic carbocycles. The number of rotatable bonds is 4. The Morgan fingerprint density at radius 1 is 1.03 bits per heavy atom. The number of likely N-dealkylation sites (N-methyl/N-ethyl adjacent to an activating group) is 1. The van der Waals surface area contributed by atoms with Gasteiger partial charge in [0.2, 0.25) is 0 Å². The summed E-state index contributed by atoms with van der Waals surface area (Å²) < 4.78 is 32.1. The summed E-state index contributed by atoms with van der Waals surface area (Å²) >= 11 is 0. The summed E-state index contributed by atoms with van der Waals surface area (Å²) in [4.78, 5) is 21.7. The fourth-order valence-corrected chi connectivity index (χ4v) is 6.44. The molecule has 4 N–H and O–H groups in total. The lowest BCUT2D eigenvalue weighted by Gasteiger charge is -2.35. The Balaban J connectivity index is 1.40. The highest BCUT2D eigenvalue weighted by atomic mass is 19.1. The first kappa shape index (κ1) is 27.6. The van der Waals surface area contributed by atoms with Crippen molar-refractivity contribution in [2.75, 3.05) is 61.0 Å². The summed E-state index contributed by atoms with van der Waals surface area (Å²) in [5.74, 6) is -0.402. The lowest BCUT2D eigenvalue weighted by molar-refractivity contribution is 0.102. The number of carbonyl (C=O) groups excluding carboxylic acids is 1. The van der Waals surface area contributed by atoms with Crippen LogP contribution in [0.1, 0.15) is 80.6 Å². The zero-order chi connectivity index (χ0) is 27.4. The molecule has 214 valence electrons. The van der Waals surface area contributed by atoms with Crippen molar-refractivity contribution >= 4 is 28.9 Å². The zero-order valence-electron chi connectivity index (χ0n) is 23.0. The largest absolute Gasteiger partial charge is 0.381 e. The van der Waals surface area contributed by atoms with Crippen molar-refractivity contribution in [2.24, 2.45) is 5.92 Å². The fourth-order valence-electron chi connectivity index (χ4n) is 6.44. The molecule has 1 saturated carbocycles. The second-order valence-corrected chi connectivity index (χ2v) is 11.4. The SMILES string of the molecule is CN1CCN(c2c(F)cncc2NC(=O)c2c(N)nn3c2NCC(F)C3C2CCCCCCCCCC2)CC1. The van der Waals surface area contributed by atoms with Gasteiger partial charge in [-0.3, -0.25) is 9.78 Å². The molecule has 0 radical (unpaired) electrons. The van der Waals surface area contributed by atoms with E-state index in [1.54, 1.807) is 4.68 Å². The van der Waals surface area contributed by atoms with Gasteiger partial charge in [-0.25, -0.2) is 13.5 Å². The van der Waals surface area contributed by atoms with Crippen LogP contribution in [-0.2, 0) is 0 Å². The average molecular weight is 545 g/mol. The molecular weight excluding hydrogens is 502 g/mol. The number of fused-ring (bicyclic) bond motifs is 1. The van der Waals surface area contributed by atoms with Gasteiger partial charge < -0.3 is 26.2 Å². The third-order valence-corrected chi connectivity index (χ3v) is 8.61. The molecule has 2 aliphatic heterocycles. The van der Waals surface area contributed by atoms with Gasteiger partial charge in [0.15, 0.2) is 11.6 Å². The van der Waals surface area contributed by atoms with Crippen molar-refractivity contribution in [2.45, 2.75) is 76.4 Å². The number of aromatic nitrogens is 3. The molecule has 3 aliphatic rings. The molecule has 2 aromatic rings. The van der Waals surface area contributed by atoms with Crippen LogP contribution in [0, 0.1) is 11.7 Å². The summed E-state index contributed by atoms with van der Waals surface area (Å²) in [6.45, 7) is 2.94. The van der Waals surface area contributed by atoms with Crippen LogP contribution in [0.3, 0.4) is 0 Å². The first-order chi connectivity index (χ1) is 18.9. The number of pyridine rings is 1. The molecule has 0 spiro atoms. The first-order valence-corrected chi connectivity index (χ1v) is 14.6. The van der Waals surface area contributed by atoms with Crippen molar-refractivity contribution in [1.82, 2.24) is 19.7 Å².